The van der Waals surface area contributed by atoms with E-state index >= 15 is 0 Å². The number of halogens is 2. The summed E-state index contributed by atoms with van der Waals surface area (Å²) in [5, 5.41) is 7.15. The van der Waals surface area contributed by atoms with E-state index in [0.717, 1.165) is 12.2 Å². The Morgan fingerprint density at radius 1 is 1.42 bits per heavy atom. The summed E-state index contributed by atoms with van der Waals surface area (Å²) in [7, 11) is 1.93. The minimum atomic E-state index is 0. The van der Waals surface area contributed by atoms with Crippen molar-refractivity contribution < 1.29 is 4.52 Å². The molecule has 6 heteroatoms. The van der Waals surface area contributed by atoms with Crippen LogP contribution in [0.3, 0.4) is 0 Å². The topological polar surface area (TPSA) is 51.0 Å². The van der Waals surface area contributed by atoms with E-state index in [-0.39, 0.29) is 12.4 Å². The van der Waals surface area contributed by atoms with Gasteiger partial charge in [0.1, 0.15) is 0 Å². The van der Waals surface area contributed by atoms with Crippen LogP contribution in [-0.2, 0) is 12.8 Å². The first kappa shape index (κ1) is 16.4. The van der Waals surface area contributed by atoms with Gasteiger partial charge in [0.25, 0.3) is 0 Å². The van der Waals surface area contributed by atoms with Crippen molar-refractivity contribution in [2.45, 2.75) is 25.8 Å². The summed E-state index contributed by atoms with van der Waals surface area (Å²) < 4.78 is 6.48. The fourth-order valence-electron chi connectivity index (χ4n) is 1.64. The molecule has 0 radical (unpaired) electrons. The molecule has 1 aromatic heterocycles. The summed E-state index contributed by atoms with van der Waals surface area (Å²) >= 11 is 2.30. The van der Waals surface area contributed by atoms with Crippen LogP contribution in [-0.4, -0.2) is 23.2 Å². The van der Waals surface area contributed by atoms with Crippen LogP contribution in [0.1, 0.15) is 24.2 Å². The molecule has 1 unspecified atom stereocenters. The lowest BCUT2D eigenvalue weighted by Gasteiger charge is -2.04. The third-order valence-electron chi connectivity index (χ3n) is 2.74. The molecule has 0 spiro atoms. The zero-order valence-corrected chi connectivity index (χ0v) is 13.9. The van der Waals surface area contributed by atoms with Crippen LogP contribution in [0.4, 0.5) is 0 Å². The van der Waals surface area contributed by atoms with E-state index in [4.69, 9.17) is 4.52 Å². The quantitative estimate of drug-likeness (QED) is 0.794. The van der Waals surface area contributed by atoms with Crippen molar-refractivity contribution in [1.82, 2.24) is 15.5 Å². The molecule has 0 saturated carbocycles. The normalized spacial score (nSPS) is 11.9. The van der Waals surface area contributed by atoms with Crippen molar-refractivity contribution in [3.05, 3.63) is 45.1 Å². The summed E-state index contributed by atoms with van der Waals surface area (Å²) in [5.74, 6) is 1.44. The van der Waals surface area contributed by atoms with E-state index in [0.29, 0.717) is 18.4 Å². The summed E-state index contributed by atoms with van der Waals surface area (Å²) in [4.78, 5) is 4.40. The number of benzene rings is 1. The summed E-state index contributed by atoms with van der Waals surface area (Å²) in [6, 6.07) is 8.66. The lowest BCUT2D eigenvalue weighted by molar-refractivity contribution is 0.377. The molecule has 0 amide bonds. The van der Waals surface area contributed by atoms with Gasteiger partial charge in [0, 0.05) is 16.0 Å². The number of hydrogen-bond donors (Lipinski definition) is 1. The number of hydrogen-bond acceptors (Lipinski definition) is 4. The molecule has 1 heterocycles. The molecule has 19 heavy (non-hydrogen) atoms. The molecule has 1 atom stereocenters. The van der Waals surface area contributed by atoms with Gasteiger partial charge in [0.15, 0.2) is 5.82 Å². The highest BCUT2D eigenvalue weighted by Gasteiger charge is 2.09. The van der Waals surface area contributed by atoms with Gasteiger partial charge in [-0.2, -0.15) is 4.98 Å². The molecule has 0 aliphatic rings. The Morgan fingerprint density at radius 2 is 2.21 bits per heavy atom. The molecule has 0 bridgehead atoms. The van der Waals surface area contributed by atoms with E-state index in [9.17, 15) is 0 Å². The monoisotopic (exact) mass is 393 g/mol. The summed E-state index contributed by atoms with van der Waals surface area (Å²) in [6.45, 7) is 2.09. The van der Waals surface area contributed by atoms with E-state index in [1.165, 1.54) is 9.13 Å². The molecule has 0 fully saturated rings. The molecule has 2 rings (SSSR count). The highest BCUT2D eigenvalue weighted by molar-refractivity contribution is 14.1. The minimum absolute atomic E-state index is 0. The Kier molecular flexibility index (Phi) is 6.74. The lowest BCUT2D eigenvalue weighted by atomic mass is 10.1. The van der Waals surface area contributed by atoms with Crippen molar-refractivity contribution in [2.24, 2.45) is 0 Å². The van der Waals surface area contributed by atoms with Gasteiger partial charge < -0.3 is 9.84 Å². The predicted octanol–water partition coefficient (Wildman–Crippen LogP) is 2.84. The zero-order chi connectivity index (χ0) is 13.0. The number of nitrogens with zero attached hydrogens (tertiary/aromatic N) is 2. The Labute approximate surface area is 132 Å². The van der Waals surface area contributed by atoms with Crippen LogP contribution in [0.25, 0.3) is 0 Å². The Hall–Kier alpha value is -0.660. The molecule has 0 aliphatic carbocycles. The molecular formula is C13H17ClIN3O. The second-order valence-corrected chi connectivity index (χ2v) is 5.55. The van der Waals surface area contributed by atoms with Crippen LogP contribution < -0.4 is 5.32 Å². The Bertz CT molecular complexity index is 518. The third-order valence-corrected chi connectivity index (χ3v) is 3.41. The van der Waals surface area contributed by atoms with Gasteiger partial charge in [-0.05, 0) is 54.3 Å². The molecule has 1 aromatic carbocycles. The molecule has 104 valence electrons. The first-order valence-corrected chi connectivity index (χ1v) is 6.98. The lowest BCUT2D eigenvalue weighted by Crippen LogP contribution is -2.24. The van der Waals surface area contributed by atoms with E-state index in [2.05, 4.69) is 63.2 Å². The molecule has 2 aromatic rings. The van der Waals surface area contributed by atoms with Crippen LogP contribution in [0.15, 0.2) is 28.8 Å². The number of likely N-dealkylation sites (N-methyl/N-ethyl adjacent to an activating group) is 1. The van der Waals surface area contributed by atoms with Gasteiger partial charge in [-0.3, -0.25) is 0 Å². The van der Waals surface area contributed by atoms with Crippen LogP contribution in [0, 0.1) is 3.57 Å². The Balaban J connectivity index is 0.00000180. The van der Waals surface area contributed by atoms with Crippen LogP contribution in [0.2, 0.25) is 0 Å². The van der Waals surface area contributed by atoms with Crippen molar-refractivity contribution in [3.8, 4) is 0 Å². The van der Waals surface area contributed by atoms with Crippen molar-refractivity contribution in [2.75, 3.05) is 7.05 Å². The van der Waals surface area contributed by atoms with Crippen LogP contribution in [0.5, 0.6) is 0 Å². The van der Waals surface area contributed by atoms with Gasteiger partial charge >= 0.3 is 0 Å². The number of nitrogens with one attached hydrogen (secondary N) is 1. The molecule has 1 N–H and O–H groups in total. The highest BCUT2D eigenvalue weighted by Crippen LogP contribution is 2.12. The van der Waals surface area contributed by atoms with E-state index < -0.39 is 0 Å². The first-order chi connectivity index (χ1) is 8.67. The SMILES string of the molecule is CNC(C)Cc1noc(Cc2cccc(I)c2)n1.Cl. The largest absolute Gasteiger partial charge is 0.339 e. The summed E-state index contributed by atoms with van der Waals surface area (Å²) in [6.07, 6.45) is 1.48. The molecule has 4 nitrogen and oxygen atoms in total. The van der Waals surface area contributed by atoms with E-state index in [1.54, 1.807) is 0 Å². The number of aromatic nitrogens is 2. The maximum atomic E-state index is 5.26. The fourth-order valence-corrected chi connectivity index (χ4v) is 2.25. The molecular weight excluding hydrogens is 377 g/mol. The second-order valence-electron chi connectivity index (χ2n) is 4.30. The zero-order valence-electron chi connectivity index (χ0n) is 10.9. The minimum Gasteiger partial charge on any atom is -0.339 e. The van der Waals surface area contributed by atoms with Crippen molar-refractivity contribution in [3.63, 3.8) is 0 Å². The molecule has 0 saturated heterocycles. The predicted molar refractivity (Wildman–Crippen MR) is 85.7 cm³/mol. The third kappa shape index (κ3) is 5.08. The smallest absolute Gasteiger partial charge is 0.231 e. The second kappa shape index (κ2) is 7.81. The standard InChI is InChI=1S/C13H16IN3O.ClH/c1-9(15-2)6-12-16-13(18-17-12)8-10-4-3-5-11(14)7-10;/h3-5,7,9,15H,6,8H2,1-2H3;1H. The van der Waals surface area contributed by atoms with Gasteiger partial charge in [-0.1, -0.05) is 17.3 Å². The fraction of sp³-hybridized carbons (Fsp3) is 0.385. The summed E-state index contributed by atoms with van der Waals surface area (Å²) in [5.41, 5.74) is 1.19. The average Bonchev–Trinajstić information content (AvgIpc) is 2.76. The first-order valence-electron chi connectivity index (χ1n) is 5.90. The average molecular weight is 394 g/mol. The van der Waals surface area contributed by atoms with Gasteiger partial charge in [-0.15, -0.1) is 12.4 Å². The molecule has 0 aliphatic heterocycles. The maximum Gasteiger partial charge on any atom is 0.231 e. The van der Waals surface area contributed by atoms with Gasteiger partial charge in [-0.25, -0.2) is 0 Å². The van der Waals surface area contributed by atoms with Crippen LogP contribution >= 0.6 is 35.0 Å². The van der Waals surface area contributed by atoms with E-state index in [1.807, 2.05) is 13.1 Å². The van der Waals surface area contributed by atoms with Crippen molar-refractivity contribution in [1.29, 1.82) is 0 Å². The van der Waals surface area contributed by atoms with Gasteiger partial charge in [0.05, 0.1) is 6.42 Å². The maximum absolute atomic E-state index is 5.26. The number of rotatable bonds is 5. The Morgan fingerprint density at radius 3 is 2.89 bits per heavy atom. The highest BCUT2D eigenvalue weighted by atomic mass is 127. The van der Waals surface area contributed by atoms with Gasteiger partial charge in [0.2, 0.25) is 5.89 Å². The van der Waals surface area contributed by atoms with Crippen molar-refractivity contribution >= 4 is 35.0 Å².